The Morgan fingerprint density at radius 2 is 1.76 bits per heavy atom. The SMILES string of the molecule is CC1CC(C(=O)O)CN(C(=O)C2CC2C2CCCCC2)C1. The molecule has 1 amide bonds. The van der Waals surface area contributed by atoms with Crippen LogP contribution in [0.25, 0.3) is 0 Å². The van der Waals surface area contributed by atoms with Crippen LogP contribution < -0.4 is 0 Å². The van der Waals surface area contributed by atoms with Gasteiger partial charge in [-0.2, -0.15) is 0 Å². The number of aliphatic carboxylic acids is 1. The van der Waals surface area contributed by atoms with Crippen LogP contribution in [0.15, 0.2) is 0 Å². The molecule has 4 heteroatoms. The zero-order chi connectivity index (χ0) is 15.0. The highest BCUT2D eigenvalue weighted by molar-refractivity contribution is 5.82. The molecule has 2 saturated carbocycles. The molecule has 0 aromatic rings. The van der Waals surface area contributed by atoms with Crippen LogP contribution >= 0.6 is 0 Å². The minimum Gasteiger partial charge on any atom is -0.481 e. The Hall–Kier alpha value is -1.06. The van der Waals surface area contributed by atoms with Crippen molar-refractivity contribution in [1.82, 2.24) is 4.90 Å². The zero-order valence-corrected chi connectivity index (χ0v) is 13.0. The average Bonchev–Trinajstić information content (AvgIpc) is 3.27. The van der Waals surface area contributed by atoms with E-state index in [9.17, 15) is 14.7 Å². The Kier molecular flexibility index (Phi) is 4.23. The van der Waals surface area contributed by atoms with E-state index in [1.807, 2.05) is 4.90 Å². The number of rotatable bonds is 3. The van der Waals surface area contributed by atoms with Crippen molar-refractivity contribution >= 4 is 11.9 Å². The van der Waals surface area contributed by atoms with Crippen molar-refractivity contribution in [2.75, 3.05) is 13.1 Å². The van der Waals surface area contributed by atoms with E-state index in [1.54, 1.807) is 0 Å². The summed E-state index contributed by atoms with van der Waals surface area (Å²) in [5, 5.41) is 9.23. The summed E-state index contributed by atoms with van der Waals surface area (Å²) in [4.78, 5) is 25.7. The third-order valence-electron chi connectivity index (χ3n) is 5.73. The first-order valence-corrected chi connectivity index (χ1v) is 8.58. The molecule has 4 unspecified atom stereocenters. The maximum absolute atomic E-state index is 12.7. The minimum atomic E-state index is -0.751. The number of carboxylic acids is 1. The van der Waals surface area contributed by atoms with Gasteiger partial charge in [-0.1, -0.05) is 39.0 Å². The van der Waals surface area contributed by atoms with Gasteiger partial charge in [0.25, 0.3) is 0 Å². The van der Waals surface area contributed by atoms with Crippen LogP contribution in [0.3, 0.4) is 0 Å². The number of carboxylic acid groups (broad SMARTS) is 1. The normalized spacial score (nSPS) is 37.3. The van der Waals surface area contributed by atoms with E-state index in [4.69, 9.17) is 0 Å². The second-order valence-electron chi connectivity index (χ2n) is 7.52. The number of carbonyl (C=O) groups is 2. The molecule has 0 aromatic carbocycles. The summed E-state index contributed by atoms with van der Waals surface area (Å²) in [6.07, 6.45) is 8.34. The highest BCUT2D eigenvalue weighted by Crippen LogP contribution is 2.50. The first kappa shape index (κ1) is 14.9. The fourth-order valence-electron chi connectivity index (χ4n) is 4.53. The minimum absolute atomic E-state index is 0.202. The first-order chi connectivity index (χ1) is 10.1. The molecule has 3 fully saturated rings. The number of piperidine rings is 1. The lowest BCUT2D eigenvalue weighted by Crippen LogP contribution is -2.46. The van der Waals surface area contributed by atoms with Crippen LogP contribution in [0, 0.1) is 29.6 Å². The molecule has 0 radical (unpaired) electrons. The number of nitrogens with zero attached hydrogens (tertiary/aromatic N) is 1. The number of hydrogen-bond acceptors (Lipinski definition) is 2. The number of hydrogen-bond donors (Lipinski definition) is 1. The van der Waals surface area contributed by atoms with Gasteiger partial charge in [0.05, 0.1) is 5.92 Å². The van der Waals surface area contributed by atoms with Crippen molar-refractivity contribution in [3.63, 3.8) is 0 Å². The topological polar surface area (TPSA) is 57.6 Å². The highest BCUT2D eigenvalue weighted by Gasteiger charge is 2.49. The standard InChI is InChI=1S/C17H27NO3/c1-11-7-13(17(20)21)10-18(9-11)16(19)15-8-14(15)12-5-3-2-4-6-12/h11-15H,2-10H2,1H3,(H,20,21). The van der Waals surface area contributed by atoms with Crippen LogP contribution in [0.4, 0.5) is 0 Å². The molecule has 2 aliphatic carbocycles. The van der Waals surface area contributed by atoms with Crippen molar-refractivity contribution in [2.24, 2.45) is 29.6 Å². The molecule has 4 nitrogen and oxygen atoms in total. The first-order valence-electron chi connectivity index (χ1n) is 8.58. The van der Waals surface area contributed by atoms with Gasteiger partial charge in [-0.25, -0.2) is 0 Å². The van der Waals surface area contributed by atoms with Gasteiger partial charge in [-0.05, 0) is 30.6 Å². The lowest BCUT2D eigenvalue weighted by atomic mass is 9.85. The summed E-state index contributed by atoms with van der Waals surface area (Å²) in [6.45, 7) is 3.23. The maximum Gasteiger partial charge on any atom is 0.308 e. The summed E-state index contributed by atoms with van der Waals surface area (Å²) in [7, 11) is 0. The molecule has 0 spiro atoms. The summed E-state index contributed by atoms with van der Waals surface area (Å²) >= 11 is 0. The molecule has 21 heavy (non-hydrogen) atoms. The summed E-state index contributed by atoms with van der Waals surface area (Å²) in [6, 6.07) is 0. The van der Waals surface area contributed by atoms with Gasteiger partial charge in [-0.15, -0.1) is 0 Å². The van der Waals surface area contributed by atoms with Crippen LogP contribution in [-0.2, 0) is 9.59 Å². The van der Waals surface area contributed by atoms with Crippen LogP contribution in [0.5, 0.6) is 0 Å². The van der Waals surface area contributed by atoms with Gasteiger partial charge in [0.1, 0.15) is 0 Å². The third kappa shape index (κ3) is 3.24. The lowest BCUT2D eigenvalue weighted by molar-refractivity contribution is -0.147. The highest BCUT2D eigenvalue weighted by atomic mass is 16.4. The molecule has 1 heterocycles. The van der Waals surface area contributed by atoms with E-state index in [0.29, 0.717) is 24.8 Å². The van der Waals surface area contributed by atoms with Crippen molar-refractivity contribution in [3.8, 4) is 0 Å². The maximum atomic E-state index is 12.7. The van der Waals surface area contributed by atoms with Gasteiger partial charge >= 0.3 is 5.97 Å². The van der Waals surface area contributed by atoms with E-state index >= 15 is 0 Å². The van der Waals surface area contributed by atoms with E-state index in [1.165, 1.54) is 32.1 Å². The van der Waals surface area contributed by atoms with Crippen molar-refractivity contribution in [2.45, 2.75) is 51.9 Å². The van der Waals surface area contributed by atoms with Crippen molar-refractivity contribution in [3.05, 3.63) is 0 Å². The summed E-state index contributed by atoms with van der Waals surface area (Å²) in [5.74, 6) is 0.971. The number of amides is 1. The molecule has 0 bridgehead atoms. The Morgan fingerprint density at radius 3 is 2.43 bits per heavy atom. The molecule has 4 atom stereocenters. The Labute approximate surface area is 126 Å². The van der Waals surface area contributed by atoms with Crippen molar-refractivity contribution in [1.29, 1.82) is 0 Å². The molecule has 3 rings (SSSR count). The Bertz CT molecular complexity index is 416. The lowest BCUT2D eigenvalue weighted by Gasteiger charge is -2.35. The van der Waals surface area contributed by atoms with E-state index in [0.717, 1.165) is 18.9 Å². The van der Waals surface area contributed by atoms with E-state index in [2.05, 4.69) is 6.92 Å². The fraction of sp³-hybridized carbons (Fsp3) is 0.882. The quantitative estimate of drug-likeness (QED) is 0.870. The fourth-order valence-corrected chi connectivity index (χ4v) is 4.53. The van der Waals surface area contributed by atoms with Crippen molar-refractivity contribution < 1.29 is 14.7 Å². The zero-order valence-electron chi connectivity index (χ0n) is 13.0. The summed E-state index contributed by atoms with van der Waals surface area (Å²) < 4.78 is 0. The Balaban J connectivity index is 1.57. The van der Waals surface area contributed by atoms with Gasteiger partial charge in [0.15, 0.2) is 0 Å². The van der Waals surface area contributed by atoms with Gasteiger partial charge in [0.2, 0.25) is 5.91 Å². The largest absolute Gasteiger partial charge is 0.481 e. The molecule has 0 aromatic heterocycles. The monoisotopic (exact) mass is 293 g/mol. The molecule has 1 saturated heterocycles. The van der Waals surface area contributed by atoms with Crippen LogP contribution in [0.1, 0.15) is 51.9 Å². The second kappa shape index (κ2) is 5.98. The van der Waals surface area contributed by atoms with Crippen LogP contribution in [0.2, 0.25) is 0 Å². The molecule has 1 N–H and O–H groups in total. The summed E-state index contributed by atoms with van der Waals surface area (Å²) in [5.41, 5.74) is 0. The smallest absolute Gasteiger partial charge is 0.308 e. The third-order valence-corrected chi connectivity index (χ3v) is 5.73. The molecule has 3 aliphatic rings. The van der Waals surface area contributed by atoms with Crippen LogP contribution in [-0.4, -0.2) is 35.0 Å². The molecule has 118 valence electrons. The second-order valence-corrected chi connectivity index (χ2v) is 7.52. The molecular weight excluding hydrogens is 266 g/mol. The predicted octanol–water partition coefficient (Wildman–Crippen LogP) is 2.77. The average molecular weight is 293 g/mol. The van der Waals surface area contributed by atoms with Gasteiger partial charge in [-0.3, -0.25) is 9.59 Å². The van der Waals surface area contributed by atoms with E-state index < -0.39 is 5.97 Å². The predicted molar refractivity (Wildman–Crippen MR) is 79.7 cm³/mol. The molecular formula is C17H27NO3. The Morgan fingerprint density at radius 1 is 1.05 bits per heavy atom. The number of carbonyl (C=O) groups excluding carboxylic acids is 1. The number of likely N-dealkylation sites (tertiary alicyclic amines) is 1. The molecule has 1 aliphatic heterocycles. The van der Waals surface area contributed by atoms with E-state index in [-0.39, 0.29) is 17.7 Å². The van der Waals surface area contributed by atoms with Gasteiger partial charge < -0.3 is 10.0 Å². The van der Waals surface area contributed by atoms with Gasteiger partial charge in [0, 0.05) is 19.0 Å².